The summed E-state index contributed by atoms with van der Waals surface area (Å²) in [5.74, 6) is 1.49. The molecule has 162 valence electrons. The van der Waals surface area contributed by atoms with Gasteiger partial charge in [-0.2, -0.15) is 0 Å². The van der Waals surface area contributed by atoms with Gasteiger partial charge >= 0.3 is 0 Å². The highest BCUT2D eigenvalue weighted by molar-refractivity contribution is 7.10. The molecule has 0 aromatic carbocycles. The molecule has 0 radical (unpaired) electrons. The summed E-state index contributed by atoms with van der Waals surface area (Å²) in [5.41, 5.74) is 0. The van der Waals surface area contributed by atoms with Crippen molar-refractivity contribution in [3.8, 4) is 0 Å². The molecule has 2 unspecified atom stereocenters. The third-order valence-electron chi connectivity index (χ3n) is 6.21. The van der Waals surface area contributed by atoms with E-state index in [1.54, 1.807) is 7.05 Å². The van der Waals surface area contributed by atoms with E-state index in [2.05, 4.69) is 50.4 Å². The zero-order valence-corrected chi connectivity index (χ0v) is 18.8. The Balaban J connectivity index is 1.40. The molecule has 0 spiro atoms. The molecule has 6 nitrogen and oxygen atoms in total. The Labute approximate surface area is 179 Å². The number of hydrogen-bond donors (Lipinski definition) is 3. The molecule has 2 aliphatic rings. The zero-order chi connectivity index (χ0) is 20.5. The molecule has 1 saturated carbocycles. The van der Waals surface area contributed by atoms with E-state index >= 15 is 0 Å². The van der Waals surface area contributed by atoms with Crippen LogP contribution in [-0.2, 0) is 4.79 Å². The second-order valence-electron chi connectivity index (χ2n) is 8.38. The summed E-state index contributed by atoms with van der Waals surface area (Å²) in [6.45, 7) is 2.65. The van der Waals surface area contributed by atoms with Crippen LogP contribution >= 0.6 is 11.3 Å². The van der Waals surface area contributed by atoms with E-state index in [4.69, 9.17) is 0 Å². The van der Waals surface area contributed by atoms with Gasteiger partial charge in [0.2, 0.25) is 5.91 Å². The molecule has 1 aliphatic carbocycles. The maximum atomic E-state index is 12.2. The molecule has 1 aliphatic heterocycles. The number of amides is 1. The van der Waals surface area contributed by atoms with Gasteiger partial charge in [-0.1, -0.05) is 25.3 Å². The quantitative estimate of drug-likeness (QED) is 0.469. The fourth-order valence-corrected chi connectivity index (χ4v) is 5.66. The molecule has 29 heavy (non-hydrogen) atoms. The molecular weight excluding hydrogens is 382 g/mol. The van der Waals surface area contributed by atoms with E-state index < -0.39 is 0 Å². The summed E-state index contributed by atoms with van der Waals surface area (Å²) in [6, 6.07) is 5.25. The van der Waals surface area contributed by atoms with Crippen LogP contribution in [0.1, 0.15) is 62.3 Å². The van der Waals surface area contributed by atoms with Crippen molar-refractivity contribution in [2.24, 2.45) is 10.9 Å². The minimum Gasteiger partial charge on any atom is -0.356 e. The lowest BCUT2D eigenvalue weighted by atomic mass is 9.88. The van der Waals surface area contributed by atoms with Gasteiger partial charge in [-0.3, -0.25) is 14.7 Å². The lowest BCUT2D eigenvalue weighted by Crippen LogP contribution is -2.45. The van der Waals surface area contributed by atoms with Crippen molar-refractivity contribution in [2.45, 2.75) is 63.5 Å². The van der Waals surface area contributed by atoms with Crippen molar-refractivity contribution < 1.29 is 4.79 Å². The Morgan fingerprint density at radius 3 is 2.76 bits per heavy atom. The predicted molar refractivity (Wildman–Crippen MR) is 121 cm³/mol. The predicted octanol–water partition coefficient (Wildman–Crippen LogP) is 3.14. The van der Waals surface area contributed by atoms with E-state index in [-0.39, 0.29) is 5.91 Å². The van der Waals surface area contributed by atoms with Crippen LogP contribution in [0.3, 0.4) is 0 Å². The van der Waals surface area contributed by atoms with Crippen LogP contribution in [0.4, 0.5) is 0 Å². The van der Waals surface area contributed by atoms with Crippen molar-refractivity contribution in [1.82, 2.24) is 20.9 Å². The van der Waals surface area contributed by atoms with Gasteiger partial charge in [-0.15, -0.1) is 11.3 Å². The van der Waals surface area contributed by atoms with Gasteiger partial charge in [-0.05, 0) is 56.6 Å². The van der Waals surface area contributed by atoms with E-state index in [0.717, 1.165) is 31.9 Å². The molecule has 1 aromatic rings. The highest BCUT2D eigenvalue weighted by atomic mass is 32.1. The van der Waals surface area contributed by atoms with Crippen LogP contribution in [0.15, 0.2) is 22.5 Å². The molecule has 1 amide bonds. The number of aliphatic imine (C=N–C) groups is 1. The average molecular weight is 420 g/mol. The van der Waals surface area contributed by atoms with Crippen molar-refractivity contribution in [2.75, 3.05) is 33.7 Å². The van der Waals surface area contributed by atoms with Gasteiger partial charge < -0.3 is 16.0 Å². The van der Waals surface area contributed by atoms with Gasteiger partial charge in [0.1, 0.15) is 0 Å². The van der Waals surface area contributed by atoms with Gasteiger partial charge in [-0.25, -0.2) is 0 Å². The van der Waals surface area contributed by atoms with Crippen LogP contribution < -0.4 is 16.0 Å². The number of nitrogens with one attached hydrogen (secondary N) is 3. The highest BCUT2D eigenvalue weighted by Gasteiger charge is 2.31. The minimum atomic E-state index is 0.145. The fourth-order valence-electron chi connectivity index (χ4n) is 4.67. The van der Waals surface area contributed by atoms with E-state index in [1.807, 2.05) is 11.3 Å². The van der Waals surface area contributed by atoms with Crippen LogP contribution in [0, 0.1) is 5.92 Å². The Hall–Kier alpha value is -1.60. The molecule has 1 aromatic heterocycles. The summed E-state index contributed by atoms with van der Waals surface area (Å²) in [7, 11) is 4.02. The number of nitrogens with zero attached hydrogens (tertiary/aromatic N) is 2. The van der Waals surface area contributed by atoms with Crippen LogP contribution in [0.25, 0.3) is 0 Å². The molecule has 0 bridgehead atoms. The molecule has 1 saturated heterocycles. The number of carbonyl (C=O) groups is 1. The third-order valence-corrected chi connectivity index (χ3v) is 7.15. The Morgan fingerprint density at radius 2 is 2.03 bits per heavy atom. The maximum Gasteiger partial charge on any atom is 0.221 e. The number of guanidine groups is 1. The second-order valence-corrected chi connectivity index (χ2v) is 9.35. The summed E-state index contributed by atoms with van der Waals surface area (Å²) < 4.78 is 0. The largest absolute Gasteiger partial charge is 0.356 e. The molecule has 3 N–H and O–H groups in total. The lowest BCUT2D eigenvalue weighted by Gasteiger charge is -2.39. The molecule has 2 fully saturated rings. The first kappa shape index (κ1) is 22.1. The monoisotopic (exact) mass is 419 g/mol. The number of rotatable bonds is 7. The van der Waals surface area contributed by atoms with Gasteiger partial charge in [0.25, 0.3) is 0 Å². The summed E-state index contributed by atoms with van der Waals surface area (Å²) >= 11 is 1.85. The van der Waals surface area contributed by atoms with Crippen molar-refractivity contribution in [1.29, 1.82) is 0 Å². The van der Waals surface area contributed by atoms with E-state index in [0.29, 0.717) is 31.0 Å². The summed E-state index contributed by atoms with van der Waals surface area (Å²) in [4.78, 5) is 20.4. The Kier molecular flexibility index (Phi) is 8.80. The molecule has 7 heteroatoms. The highest BCUT2D eigenvalue weighted by Crippen LogP contribution is 2.36. The topological polar surface area (TPSA) is 68.8 Å². The van der Waals surface area contributed by atoms with Crippen molar-refractivity contribution in [3.63, 3.8) is 0 Å². The second kappa shape index (κ2) is 11.6. The zero-order valence-electron chi connectivity index (χ0n) is 18.0. The molecular formula is C22H37N5OS. The number of thiophene rings is 1. The van der Waals surface area contributed by atoms with Crippen LogP contribution in [-0.4, -0.2) is 56.5 Å². The van der Waals surface area contributed by atoms with E-state index in [1.165, 1.54) is 37.0 Å². The van der Waals surface area contributed by atoms with Crippen LogP contribution in [0.5, 0.6) is 0 Å². The summed E-state index contributed by atoms with van der Waals surface area (Å²) in [5, 5.41) is 12.1. The minimum absolute atomic E-state index is 0.145. The van der Waals surface area contributed by atoms with Gasteiger partial charge in [0.05, 0.1) is 0 Å². The number of piperidine rings is 1. The van der Waals surface area contributed by atoms with Crippen LogP contribution in [0.2, 0.25) is 0 Å². The number of hydrogen-bond acceptors (Lipinski definition) is 4. The first-order chi connectivity index (χ1) is 14.2. The molecule has 2 heterocycles. The Morgan fingerprint density at radius 1 is 1.21 bits per heavy atom. The summed E-state index contributed by atoms with van der Waals surface area (Å²) in [6.07, 6.45) is 8.98. The normalized spacial score (nSPS) is 24.3. The van der Waals surface area contributed by atoms with Gasteiger partial charge in [0, 0.05) is 43.5 Å². The molecule has 2 atom stereocenters. The standard InChI is InChI=1S/C22H37N5OS/c1-23-22(24-13-12-20(28)26-18-9-4-3-5-10-18)25-16-17-8-6-14-27(2)21(17)19-11-7-15-29-19/h7,11,15,17-18,21H,3-6,8-10,12-14,16H2,1-2H3,(H,26,28)(H2,23,24,25). The average Bonchev–Trinajstić information content (AvgIpc) is 3.25. The maximum absolute atomic E-state index is 12.2. The first-order valence-electron chi connectivity index (χ1n) is 11.1. The lowest BCUT2D eigenvalue weighted by molar-refractivity contribution is -0.121. The Bertz CT molecular complexity index is 642. The number of carbonyl (C=O) groups excluding carboxylic acids is 1. The smallest absolute Gasteiger partial charge is 0.221 e. The third kappa shape index (κ3) is 6.71. The van der Waals surface area contributed by atoms with Gasteiger partial charge in [0.15, 0.2) is 5.96 Å². The fraction of sp³-hybridized carbons (Fsp3) is 0.727. The SMILES string of the molecule is CN=C(NCCC(=O)NC1CCCCC1)NCC1CCCN(C)C1c1cccs1. The molecule has 3 rings (SSSR count). The number of likely N-dealkylation sites (tertiary alicyclic amines) is 1. The van der Waals surface area contributed by atoms with Crippen molar-refractivity contribution >= 4 is 23.2 Å². The van der Waals surface area contributed by atoms with Crippen molar-refractivity contribution in [3.05, 3.63) is 22.4 Å². The van der Waals surface area contributed by atoms with E-state index in [9.17, 15) is 4.79 Å². The first-order valence-corrected chi connectivity index (χ1v) is 12.0.